The third-order valence-corrected chi connectivity index (χ3v) is 8.26. The number of phenolic OH excluding ortho intramolecular Hbond substituents is 1. The molecule has 0 amide bonds. The molecule has 1 aliphatic rings. The lowest BCUT2D eigenvalue weighted by atomic mass is 9.93. The van der Waals surface area contributed by atoms with Gasteiger partial charge in [0.2, 0.25) is 0 Å². The number of rotatable bonds is 9. The fourth-order valence-corrected chi connectivity index (χ4v) is 6.30. The van der Waals surface area contributed by atoms with Crippen molar-refractivity contribution in [1.82, 2.24) is 0 Å². The molecule has 3 rings (SSSR count). The summed E-state index contributed by atoms with van der Waals surface area (Å²) in [6, 6.07) is 9.71. The van der Waals surface area contributed by atoms with Crippen LogP contribution in [0.3, 0.4) is 0 Å². The fraction of sp³-hybridized carbons (Fsp3) is 0.379. The van der Waals surface area contributed by atoms with E-state index in [4.69, 9.17) is 13.8 Å². The van der Waals surface area contributed by atoms with Crippen LogP contribution in [0.5, 0.6) is 11.5 Å². The largest absolute Gasteiger partial charge is 0.508 e. The smallest absolute Gasteiger partial charge is 0.368 e. The lowest BCUT2D eigenvalue weighted by Gasteiger charge is -2.30. The molecule has 0 saturated carbocycles. The molecule has 1 unspecified atom stereocenters. The maximum absolute atomic E-state index is 13.2. The van der Waals surface area contributed by atoms with Crippen LogP contribution in [0.4, 0.5) is 0 Å². The maximum Gasteiger partial charge on any atom is 0.368 e. The van der Waals surface area contributed by atoms with E-state index in [9.17, 15) is 9.67 Å². The number of ether oxygens (including phenoxy) is 1. The second kappa shape index (κ2) is 12.4. The van der Waals surface area contributed by atoms with Crippen LogP contribution in [0.2, 0.25) is 0 Å². The van der Waals surface area contributed by atoms with E-state index in [0.29, 0.717) is 24.5 Å². The van der Waals surface area contributed by atoms with Gasteiger partial charge in [-0.15, -0.1) is 0 Å². The molecule has 5 nitrogen and oxygen atoms in total. The Bertz CT molecular complexity index is 1190. The number of hydrogen-bond donors (Lipinski definition) is 1. The summed E-state index contributed by atoms with van der Waals surface area (Å²) < 4.78 is 31.4. The van der Waals surface area contributed by atoms with Gasteiger partial charge >= 0.3 is 7.60 Å². The Labute approximate surface area is 223 Å². The minimum absolute atomic E-state index is 0.162. The highest BCUT2D eigenvalue weighted by atomic mass is 79.9. The van der Waals surface area contributed by atoms with E-state index >= 15 is 0 Å². The molecular weight excluding hydrogens is 539 g/mol. The van der Waals surface area contributed by atoms with E-state index in [1.165, 1.54) is 5.56 Å². The van der Waals surface area contributed by atoms with Gasteiger partial charge in [0.25, 0.3) is 0 Å². The van der Waals surface area contributed by atoms with E-state index in [1.807, 2.05) is 57.2 Å². The normalized spacial score (nSPS) is 20.8. The lowest BCUT2D eigenvalue weighted by molar-refractivity contribution is 0.0933. The molecule has 0 aliphatic carbocycles. The number of aryl methyl sites for hydroxylation is 2. The average molecular weight is 575 g/mol. The Kier molecular flexibility index (Phi) is 9.82. The second-order valence-electron chi connectivity index (χ2n) is 9.46. The molecule has 36 heavy (non-hydrogen) atoms. The SMILES string of the molecule is C=C(/C=C(Br)\C=C/C)[C@@H]1CCOP(=O)(COc2cc(C)c(Cc3ccc(O)c(C(C)C)c3)c(C)c2)O1. The van der Waals surface area contributed by atoms with E-state index in [-0.39, 0.29) is 12.3 Å². The number of aromatic hydroxyl groups is 1. The van der Waals surface area contributed by atoms with Crippen LogP contribution in [0.1, 0.15) is 60.9 Å². The van der Waals surface area contributed by atoms with Crippen LogP contribution in [0.15, 0.2) is 65.2 Å². The molecule has 2 atom stereocenters. The summed E-state index contributed by atoms with van der Waals surface area (Å²) in [5.74, 6) is 1.21. The summed E-state index contributed by atoms with van der Waals surface area (Å²) in [5, 5.41) is 10.1. The van der Waals surface area contributed by atoms with Crippen molar-refractivity contribution in [2.45, 2.75) is 59.5 Å². The molecule has 1 aliphatic heterocycles. The van der Waals surface area contributed by atoms with Crippen molar-refractivity contribution in [1.29, 1.82) is 0 Å². The average Bonchev–Trinajstić information content (AvgIpc) is 2.81. The molecule has 0 radical (unpaired) electrons. The zero-order valence-corrected chi connectivity index (χ0v) is 24.2. The molecule has 7 heteroatoms. The Hall–Kier alpha value is -2.11. The first-order chi connectivity index (χ1) is 17.0. The Morgan fingerprint density at radius 2 is 1.97 bits per heavy atom. The summed E-state index contributed by atoms with van der Waals surface area (Å²) in [4.78, 5) is 0. The van der Waals surface area contributed by atoms with Crippen molar-refractivity contribution in [2.24, 2.45) is 0 Å². The van der Waals surface area contributed by atoms with Gasteiger partial charge in [-0.05, 0) is 90.8 Å². The Balaban J connectivity index is 1.69. The van der Waals surface area contributed by atoms with Gasteiger partial charge in [-0.2, -0.15) is 0 Å². The number of benzene rings is 2. The lowest BCUT2D eigenvalue weighted by Crippen LogP contribution is -2.23. The number of allylic oxidation sites excluding steroid dienone is 3. The molecule has 194 valence electrons. The zero-order chi connectivity index (χ0) is 26.5. The molecule has 0 spiro atoms. The summed E-state index contributed by atoms with van der Waals surface area (Å²) in [6.45, 7) is 14.6. The third-order valence-electron chi connectivity index (χ3n) is 6.17. The van der Waals surface area contributed by atoms with Gasteiger partial charge in [-0.3, -0.25) is 9.09 Å². The molecule has 1 heterocycles. The van der Waals surface area contributed by atoms with E-state index < -0.39 is 13.7 Å². The quantitative estimate of drug-likeness (QED) is 0.240. The van der Waals surface area contributed by atoms with Gasteiger partial charge in [0.05, 0.1) is 12.7 Å². The number of halogens is 1. The van der Waals surface area contributed by atoms with Crippen molar-refractivity contribution in [3.8, 4) is 11.5 Å². The molecule has 0 bridgehead atoms. The number of phenols is 1. The predicted octanol–water partition coefficient (Wildman–Crippen LogP) is 8.47. The molecular formula is C29H36BrO5P. The number of hydrogen-bond acceptors (Lipinski definition) is 5. The van der Waals surface area contributed by atoms with Gasteiger partial charge in [0, 0.05) is 10.9 Å². The summed E-state index contributed by atoms with van der Waals surface area (Å²) in [6.07, 6.45) is 6.47. The van der Waals surface area contributed by atoms with Crippen molar-refractivity contribution >= 4 is 23.5 Å². The first-order valence-corrected chi connectivity index (χ1v) is 14.7. The van der Waals surface area contributed by atoms with Crippen molar-refractivity contribution < 1.29 is 23.5 Å². The van der Waals surface area contributed by atoms with E-state index in [1.54, 1.807) is 6.07 Å². The summed E-state index contributed by atoms with van der Waals surface area (Å²) in [5.41, 5.74) is 6.19. The summed E-state index contributed by atoms with van der Waals surface area (Å²) >= 11 is 3.47. The highest BCUT2D eigenvalue weighted by Gasteiger charge is 2.35. The van der Waals surface area contributed by atoms with Gasteiger partial charge in [0.1, 0.15) is 11.5 Å². The van der Waals surface area contributed by atoms with Crippen LogP contribution in [-0.2, 0) is 20.0 Å². The fourth-order valence-electron chi connectivity index (χ4n) is 4.22. The van der Waals surface area contributed by atoms with Crippen molar-refractivity contribution in [3.63, 3.8) is 0 Å². The second-order valence-corrected chi connectivity index (χ2v) is 12.3. The minimum atomic E-state index is -3.43. The molecule has 1 N–H and O–H groups in total. The Morgan fingerprint density at radius 3 is 2.61 bits per heavy atom. The highest BCUT2D eigenvalue weighted by molar-refractivity contribution is 9.11. The zero-order valence-electron chi connectivity index (χ0n) is 21.7. The minimum Gasteiger partial charge on any atom is -0.508 e. The highest BCUT2D eigenvalue weighted by Crippen LogP contribution is 2.53. The molecule has 2 aromatic rings. The van der Waals surface area contributed by atoms with Crippen LogP contribution < -0.4 is 4.74 Å². The molecule has 1 saturated heterocycles. The summed E-state index contributed by atoms with van der Waals surface area (Å²) in [7, 11) is -3.43. The van der Waals surface area contributed by atoms with Crippen LogP contribution in [-0.4, -0.2) is 24.2 Å². The van der Waals surface area contributed by atoms with Gasteiger partial charge in [-0.1, -0.05) is 60.6 Å². The third kappa shape index (κ3) is 7.45. The van der Waals surface area contributed by atoms with E-state index in [2.05, 4.69) is 42.4 Å². The van der Waals surface area contributed by atoms with Crippen LogP contribution >= 0.6 is 23.5 Å². The van der Waals surface area contributed by atoms with Crippen LogP contribution in [0.25, 0.3) is 0 Å². The first-order valence-electron chi connectivity index (χ1n) is 12.2. The van der Waals surface area contributed by atoms with E-state index in [0.717, 1.165) is 38.7 Å². The Morgan fingerprint density at radius 1 is 1.28 bits per heavy atom. The van der Waals surface area contributed by atoms with Crippen molar-refractivity contribution in [3.05, 3.63) is 93.0 Å². The van der Waals surface area contributed by atoms with Gasteiger partial charge in [-0.25, -0.2) is 0 Å². The van der Waals surface area contributed by atoms with Crippen LogP contribution in [0, 0.1) is 13.8 Å². The molecule has 1 fully saturated rings. The van der Waals surface area contributed by atoms with Gasteiger partial charge in [0.15, 0.2) is 6.35 Å². The standard InChI is InChI=1S/C29H36BrO5P/c1-7-8-24(30)13-22(6)29-11-12-34-36(32,35-29)18-33-25-14-20(4)27(21(5)15-25)17-23-9-10-28(31)26(16-23)19(2)3/h7-10,13-16,19,29,31H,6,11-12,17-18H2,1-5H3/b8-7-,24-13+/t29-,36?/m0/s1. The first kappa shape index (κ1) is 28.5. The van der Waals surface area contributed by atoms with Crippen molar-refractivity contribution in [2.75, 3.05) is 13.0 Å². The maximum atomic E-state index is 13.2. The topological polar surface area (TPSA) is 65.0 Å². The monoisotopic (exact) mass is 574 g/mol. The van der Waals surface area contributed by atoms with Gasteiger partial charge < -0.3 is 14.4 Å². The molecule has 0 aromatic heterocycles. The predicted molar refractivity (Wildman–Crippen MR) is 150 cm³/mol. The molecule has 2 aromatic carbocycles.